The third-order valence-electron chi connectivity index (χ3n) is 5.43. The highest BCUT2D eigenvalue weighted by Crippen LogP contribution is 2.39. The van der Waals surface area contributed by atoms with Crippen LogP contribution in [-0.4, -0.2) is 35.7 Å². The van der Waals surface area contributed by atoms with Crippen molar-refractivity contribution in [3.8, 4) is 11.5 Å². The molecule has 3 N–H and O–H groups in total. The molecular formula is C23H19ClF4N2O5. The minimum Gasteiger partial charge on any atom is -0.484 e. The number of carbonyl (C=O) groups excluding carboxylic acids is 2. The summed E-state index contributed by atoms with van der Waals surface area (Å²) in [5, 5.41) is 15.4. The Balaban J connectivity index is 1.27. The molecule has 0 aromatic heterocycles. The van der Waals surface area contributed by atoms with Gasteiger partial charge in [-0.1, -0.05) is 17.7 Å². The van der Waals surface area contributed by atoms with Crippen LogP contribution in [-0.2, 0) is 15.8 Å². The first-order valence-corrected chi connectivity index (χ1v) is 10.8. The van der Waals surface area contributed by atoms with Crippen LogP contribution in [0.3, 0.4) is 0 Å². The summed E-state index contributed by atoms with van der Waals surface area (Å²) in [7, 11) is 0. The lowest BCUT2D eigenvalue weighted by atomic mass is 9.95. The van der Waals surface area contributed by atoms with E-state index < -0.39 is 47.6 Å². The van der Waals surface area contributed by atoms with Crippen molar-refractivity contribution in [1.82, 2.24) is 10.6 Å². The van der Waals surface area contributed by atoms with Gasteiger partial charge >= 0.3 is 6.18 Å². The van der Waals surface area contributed by atoms with Gasteiger partial charge in [-0.05, 0) is 30.3 Å². The van der Waals surface area contributed by atoms with Gasteiger partial charge in [-0.15, -0.1) is 0 Å². The first-order valence-electron chi connectivity index (χ1n) is 10.4. The second kappa shape index (κ2) is 9.74. The van der Waals surface area contributed by atoms with Gasteiger partial charge in [0.2, 0.25) is 0 Å². The summed E-state index contributed by atoms with van der Waals surface area (Å²) in [4.78, 5) is 24.5. The molecule has 2 aromatic carbocycles. The van der Waals surface area contributed by atoms with Gasteiger partial charge in [-0.25, -0.2) is 4.39 Å². The Morgan fingerprint density at radius 1 is 1.20 bits per heavy atom. The fourth-order valence-electron chi connectivity index (χ4n) is 3.62. The summed E-state index contributed by atoms with van der Waals surface area (Å²) >= 11 is 5.58. The van der Waals surface area contributed by atoms with E-state index in [9.17, 15) is 32.3 Å². The smallest absolute Gasteiger partial charge is 0.416 e. The van der Waals surface area contributed by atoms with Gasteiger partial charge < -0.3 is 25.2 Å². The molecule has 3 atom stereocenters. The number of rotatable bonds is 6. The Labute approximate surface area is 201 Å². The van der Waals surface area contributed by atoms with Gasteiger partial charge in [-0.3, -0.25) is 9.59 Å². The number of alkyl halides is 3. The Morgan fingerprint density at radius 3 is 2.63 bits per heavy atom. The maximum Gasteiger partial charge on any atom is 0.416 e. The minimum absolute atomic E-state index is 0.0714. The number of hydrogen-bond acceptors (Lipinski definition) is 5. The quantitative estimate of drug-likeness (QED) is 0.511. The maximum absolute atomic E-state index is 13.4. The Kier molecular flexibility index (Phi) is 6.91. The number of aliphatic hydroxyl groups is 1. The lowest BCUT2D eigenvalue weighted by Gasteiger charge is -2.32. The van der Waals surface area contributed by atoms with Gasteiger partial charge in [0, 0.05) is 30.2 Å². The lowest BCUT2D eigenvalue weighted by molar-refractivity contribution is -0.138. The molecule has 1 heterocycles. The van der Waals surface area contributed by atoms with Gasteiger partial charge in [0.05, 0.1) is 22.7 Å². The van der Waals surface area contributed by atoms with Crippen LogP contribution in [0.1, 0.15) is 30.1 Å². The first kappa shape index (κ1) is 24.8. The molecule has 3 unspecified atom stereocenters. The Hall–Kier alpha value is -3.31. The summed E-state index contributed by atoms with van der Waals surface area (Å²) in [5.41, 5.74) is -0.243. The van der Waals surface area contributed by atoms with Crippen LogP contribution in [0.5, 0.6) is 11.5 Å². The average Bonchev–Trinajstić information content (AvgIpc) is 2.77. The highest BCUT2D eigenvalue weighted by molar-refractivity contribution is 6.30. The minimum atomic E-state index is -4.59. The number of carbonyl (C=O) groups is 2. The van der Waals surface area contributed by atoms with E-state index in [-0.39, 0.29) is 41.5 Å². The van der Waals surface area contributed by atoms with Crippen molar-refractivity contribution in [3.63, 3.8) is 0 Å². The molecular weight excluding hydrogens is 496 g/mol. The lowest BCUT2D eigenvalue weighted by Crippen LogP contribution is -2.48. The standard InChI is InChI=1S/C23H19ClF4N2O5/c24-16-4-2-14(8-17(16)25)34-10-21(32)29-12-6-13(7-12)30-22(33)20-9-18(31)15-3-1-11(23(26,27)28)5-19(15)35-20/h1-6,8,13,18,20,31H,7,9-10H2,(H,29,32)(H,30,33). The molecule has 12 heteroatoms. The van der Waals surface area contributed by atoms with Crippen molar-refractivity contribution < 1.29 is 41.7 Å². The van der Waals surface area contributed by atoms with E-state index in [1.54, 1.807) is 6.08 Å². The second-order valence-electron chi connectivity index (χ2n) is 8.03. The number of fused-ring (bicyclic) bond motifs is 1. The number of hydrogen-bond donors (Lipinski definition) is 3. The molecule has 7 nitrogen and oxygen atoms in total. The number of amides is 2. The van der Waals surface area contributed by atoms with Crippen molar-refractivity contribution in [2.45, 2.75) is 37.3 Å². The number of aliphatic hydroxyl groups excluding tert-OH is 1. The Morgan fingerprint density at radius 2 is 1.94 bits per heavy atom. The molecule has 1 aliphatic heterocycles. The summed E-state index contributed by atoms with van der Waals surface area (Å²) in [6.45, 7) is -0.372. The molecule has 0 saturated heterocycles. The fourth-order valence-corrected chi connectivity index (χ4v) is 3.74. The molecule has 2 amide bonds. The maximum atomic E-state index is 13.4. The first-order chi connectivity index (χ1) is 16.5. The van der Waals surface area contributed by atoms with Gasteiger partial charge in [0.1, 0.15) is 17.3 Å². The largest absolute Gasteiger partial charge is 0.484 e. The van der Waals surface area contributed by atoms with E-state index in [1.165, 1.54) is 12.1 Å². The van der Waals surface area contributed by atoms with Gasteiger partial charge in [0.15, 0.2) is 12.7 Å². The van der Waals surface area contributed by atoms with E-state index >= 15 is 0 Å². The highest BCUT2D eigenvalue weighted by Gasteiger charge is 2.37. The van der Waals surface area contributed by atoms with E-state index in [4.69, 9.17) is 21.1 Å². The number of nitrogens with one attached hydrogen (secondary N) is 2. The van der Waals surface area contributed by atoms with Crippen molar-refractivity contribution in [2.75, 3.05) is 6.61 Å². The van der Waals surface area contributed by atoms with Crippen LogP contribution in [0.15, 0.2) is 48.2 Å². The molecule has 0 saturated carbocycles. The Bertz CT molecular complexity index is 1190. The van der Waals surface area contributed by atoms with E-state index in [0.717, 1.165) is 24.3 Å². The topological polar surface area (TPSA) is 96.9 Å². The van der Waals surface area contributed by atoms with Gasteiger partial charge in [0.25, 0.3) is 11.8 Å². The predicted octanol–water partition coefficient (Wildman–Crippen LogP) is 3.65. The van der Waals surface area contributed by atoms with Crippen LogP contribution < -0.4 is 20.1 Å². The van der Waals surface area contributed by atoms with Crippen molar-refractivity contribution in [1.29, 1.82) is 0 Å². The molecule has 35 heavy (non-hydrogen) atoms. The zero-order valence-corrected chi connectivity index (χ0v) is 18.6. The predicted molar refractivity (Wildman–Crippen MR) is 115 cm³/mol. The SMILES string of the molecule is O=C(COc1ccc(Cl)c(F)c1)NC1=CC(NC(=O)C2CC(O)c3ccc(C(F)(F)F)cc3O2)C1. The van der Waals surface area contributed by atoms with Crippen LogP contribution in [0, 0.1) is 5.82 Å². The third kappa shape index (κ3) is 5.85. The molecule has 2 aliphatic rings. The van der Waals surface area contributed by atoms with Crippen molar-refractivity contribution in [3.05, 3.63) is 70.1 Å². The second-order valence-corrected chi connectivity index (χ2v) is 8.44. The van der Waals surface area contributed by atoms with Crippen LogP contribution in [0.25, 0.3) is 0 Å². The highest BCUT2D eigenvalue weighted by atomic mass is 35.5. The molecule has 186 valence electrons. The average molecular weight is 515 g/mol. The molecule has 0 fully saturated rings. The number of benzene rings is 2. The monoisotopic (exact) mass is 514 g/mol. The van der Waals surface area contributed by atoms with Crippen molar-refractivity contribution in [2.24, 2.45) is 0 Å². The summed E-state index contributed by atoms with van der Waals surface area (Å²) in [6.07, 6.45) is -5.18. The summed E-state index contributed by atoms with van der Waals surface area (Å²) < 4.78 is 62.9. The molecule has 2 aromatic rings. The van der Waals surface area contributed by atoms with Crippen molar-refractivity contribution >= 4 is 23.4 Å². The zero-order chi connectivity index (χ0) is 25.3. The van der Waals surface area contributed by atoms with Gasteiger partial charge in [-0.2, -0.15) is 13.2 Å². The normalized spacial score (nSPS) is 21.1. The fraction of sp³-hybridized carbons (Fsp3) is 0.304. The molecule has 0 bridgehead atoms. The molecule has 4 rings (SSSR count). The van der Waals surface area contributed by atoms with E-state index in [1.807, 2.05) is 0 Å². The molecule has 0 radical (unpaired) electrons. The van der Waals surface area contributed by atoms with Crippen LogP contribution in [0.4, 0.5) is 17.6 Å². The number of halogens is 5. The number of ether oxygens (including phenoxy) is 2. The van der Waals surface area contributed by atoms with E-state index in [0.29, 0.717) is 5.70 Å². The van der Waals surface area contributed by atoms with Crippen LogP contribution in [0.2, 0.25) is 5.02 Å². The zero-order valence-electron chi connectivity index (χ0n) is 17.9. The third-order valence-corrected chi connectivity index (χ3v) is 5.74. The molecule has 0 spiro atoms. The molecule has 1 aliphatic carbocycles. The van der Waals surface area contributed by atoms with Crippen LogP contribution >= 0.6 is 11.6 Å². The summed E-state index contributed by atoms with van der Waals surface area (Å²) in [5.74, 6) is -1.84. The summed E-state index contributed by atoms with van der Waals surface area (Å²) in [6, 6.07) is 6.07. The van der Waals surface area contributed by atoms with E-state index in [2.05, 4.69) is 10.6 Å².